The molecule has 0 saturated carbocycles. The number of ether oxygens (including phenoxy) is 1. The molecule has 0 fully saturated rings. The molecule has 3 nitrogen and oxygen atoms in total. The fraction of sp³-hybridized carbons (Fsp3) is 0.188. The maximum absolute atomic E-state index is 12.7. The van der Waals surface area contributed by atoms with E-state index in [1.54, 1.807) is 18.2 Å². The normalized spacial score (nSPS) is 11.2. The lowest BCUT2D eigenvalue weighted by Gasteiger charge is -2.11. The van der Waals surface area contributed by atoms with E-state index in [0.29, 0.717) is 16.3 Å². The molecule has 0 aliphatic carbocycles. The molecule has 2 aromatic rings. The Balaban J connectivity index is 2.13. The van der Waals surface area contributed by atoms with Crippen molar-refractivity contribution in [2.75, 3.05) is 12.4 Å². The van der Waals surface area contributed by atoms with Crippen molar-refractivity contribution in [3.8, 4) is 5.75 Å². The second-order valence-corrected chi connectivity index (χ2v) is 5.20. The summed E-state index contributed by atoms with van der Waals surface area (Å²) < 4.78 is 43.1. The van der Waals surface area contributed by atoms with Crippen LogP contribution in [0.15, 0.2) is 42.5 Å². The van der Waals surface area contributed by atoms with Gasteiger partial charge in [-0.15, -0.1) is 0 Å². The Morgan fingerprint density at radius 2 is 1.96 bits per heavy atom. The van der Waals surface area contributed by atoms with Gasteiger partial charge in [-0.25, -0.2) is 0 Å². The van der Waals surface area contributed by atoms with Gasteiger partial charge in [0.15, 0.2) is 0 Å². The molecule has 122 valence electrons. The Morgan fingerprint density at radius 3 is 2.61 bits per heavy atom. The molecule has 0 heterocycles. The molecule has 2 aromatic carbocycles. The molecule has 0 spiro atoms. The lowest BCUT2D eigenvalue weighted by molar-refractivity contribution is -0.137. The molecule has 0 unspecified atom stereocenters. The highest BCUT2D eigenvalue weighted by Gasteiger charge is 2.30. The largest absolute Gasteiger partial charge is 0.496 e. The molecule has 0 aromatic heterocycles. The highest BCUT2D eigenvalue weighted by Crippen LogP contribution is 2.30. The van der Waals surface area contributed by atoms with Crippen LogP contribution in [0.25, 0.3) is 0 Å². The number of methoxy groups -OCH3 is 1. The van der Waals surface area contributed by atoms with Crippen LogP contribution in [-0.2, 0) is 17.4 Å². The molecule has 1 N–H and O–H groups in total. The van der Waals surface area contributed by atoms with Gasteiger partial charge in [-0.2, -0.15) is 13.2 Å². The van der Waals surface area contributed by atoms with E-state index in [-0.39, 0.29) is 12.1 Å². The van der Waals surface area contributed by atoms with E-state index >= 15 is 0 Å². The van der Waals surface area contributed by atoms with Crippen LogP contribution in [0.4, 0.5) is 18.9 Å². The summed E-state index contributed by atoms with van der Waals surface area (Å²) in [4.78, 5) is 12.0. The second-order valence-electron chi connectivity index (χ2n) is 4.76. The predicted molar refractivity (Wildman–Crippen MR) is 81.8 cm³/mol. The molecule has 0 atom stereocenters. The molecule has 0 saturated heterocycles. The minimum Gasteiger partial charge on any atom is -0.496 e. The standard InChI is InChI=1S/C16H13ClF3NO2/c1-23-14-6-5-12(17)7-10(14)8-15(22)21-13-4-2-3-11(9-13)16(18,19)20/h2-7,9H,8H2,1H3,(H,21,22). The maximum atomic E-state index is 12.7. The zero-order valence-electron chi connectivity index (χ0n) is 12.1. The van der Waals surface area contributed by atoms with E-state index in [1.165, 1.54) is 19.2 Å². The summed E-state index contributed by atoms with van der Waals surface area (Å²) in [7, 11) is 1.46. The third-order valence-corrected chi connectivity index (χ3v) is 3.30. The van der Waals surface area contributed by atoms with Gasteiger partial charge in [0.25, 0.3) is 0 Å². The summed E-state index contributed by atoms with van der Waals surface area (Å²) in [6.07, 6.45) is -4.53. The van der Waals surface area contributed by atoms with Crippen LogP contribution in [0.2, 0.25) is 5.02 Å². The van der Waals surface area contributed by atoms with Crippen LogP contribution in [0.5, 0.6) is 5.75 Å². The lowest BCUT2D eigenvalue weighted by atomic mass is 10.1. The Bertz CT molecular complexity index is 717. The quantitative estimate of drug-likeness (QED) is 0.884. The molecule has 0 bridgehead atoms. The molecule has 0 aliphatic rings. The Morgan fingerprint density at radius 1 is 1.22 bits per heavy atom. The number of nitrogens with one attached hydrogen (secondary N) is 1. The number of carbonyl (C=O) groups excluding carboxylic acids is 1. The molecular weight excluding hydrogens is 331 g/mol. The van der Waals surface area contributed by atoms with Gasteiger partial charge in [-0.1, -0.05) is 17.7 Å². The average molecular weight is 344 g/mol. The summed E-state index contributed by atoms with van der Waals surface area (Å²) in [6, 6.07) is 9.26. The SMILES string of the molecule is COc1ccc(Cl)cc1CC(=O)Nc1cccc(C(F)(F)F)c1. The first-order valence-corrected chi connectivity index (χ1v) is 6.97. The number of benzene rings is 2. The summed E-state index contributed by atoms with van der Waals surface area (Å²) in [5, 5.41) is 2.87. The van der Waals surface area contributed by atoms with E-state index in [0.717, 1.165) is 12.1 Å². The first-order chi connectivity index (χ1) is 10.8. The van der Waals surface area contributed by atoms with Crippen molar-refractivity contribution in [2.24, 2.45) is 0 Å². The second kappa shape index (κ2) is 6.91. The lowest BCUT2D eigenvalue weighted by Crippen LogP contribution is -2.15. The van der Waals surface area contributed by atoms with Crippen LogP contribution < -0.4 is 10.1 Å². The molecule has 23 heavy (non-hydrogen) atoms. The summed E-state index contributed by atoms with van der Waals surface area (Å²) in [5.74, 6) is 0.0125. The average Bonchev–Trinajstić information content (AvgIpc) is 2.46. The van der Waals surface area contributed by atoms with Gasteiger partial charge in [0.1, 0.15) is 5.75 Å². The fourth-order valence-electron chi connectivity index (χ4n) is 2.04. The maximum Gasteiger partial charge on any atom is 0.416 e. The van der Waals surface area contributed by atoms with Crippen molar-refractivity contribution >= 4 is 23.2 Å². The third kappa shape index (κ3) is 4.63. The van der Waals surface area contributed by atoms with Crippen molar-refractivity contribution in [3.05, 3.63) is 58.6 Å². The Kier molecular flexibility index (Phi) is 5.15. The fourth-order valence-corrected chi connectivity index (χ4v) is 2.23. The highest BCUT2D eigenvalue weighted by atomic mass is 35.5. The van der Waals surface area contributed by atoms with E-state index in [1.807, 2.05) is 0 Å². The van der Waals surface area contributed by atoms with Crippen LogP contribution in [0.1, 0.15) is 11.1 Å². The Hall–Kier alpha value is -2.21. The first kappa shape index (κ1) is 17.1. The molecular formula is C16H13ClF3NO2. The zero-order chi connectivity index (χ0) is 17.0. The van der Waals surface area contributed by atoms with Crippen LogP contribution in [0.3, 0.4) is 0 Å². The van der Waals surface area contributed by atoms with Crippen LogP contribution in [-0.4, -0.2) is 13.0 Å². The number of carbonyl (C=O) groups is 1. The van der Waals surface area contributed by atoms with Crippen molar-refractivity contribution in [3.63, 3.8) is 0 Å². The van der Waals surface area contributed by atoms with Gasteiger partial charge < -0.3 is 10.1 Å². The van der Waals surface area contributed by atoms with Crippen LogP contribution >= 0.6 is 11.6 Å². The number of anilines is 1. The van der Waals surface area contributed by atoms with Gasteiger partial charge in [0, 0.05) is 16.3 Å². The number of halogens is 4. The molecule has 0 aliphatic heterocycles. The smallest absolute Gasteiger partial charge is 0.416 e. The first-order valence-electron chi connectivity index (χ1n) is 6.59. The topological polar surface area (TPSA) is 38.3 Å². The Labute approximate surface area is 136 Å². The summed E-state index contributed by atoms with van der Waals surface area (Å²) in [6.45, 7) is 0. The highest BCUT2D eigenvalue weighted by molar-refractivity contribution is 6.30. The number of rotatable bonds is 4. The van der Waals surface area contributed by atoms with E-state index in [2.05, 4.69) is 5.32 Å². The van der Waals surface area contributed by atoms with Crippen molar-refractivity contribution in [1.82, 2.24) is 0 Å². The molecule has 0 radical (unpaired) electrons. The van der Waals surface area contributed by atoms with Gasteiger partial charge in [0.05, 0.1) is 19.1 Å². The van der Waals surface area contributed by atoms with Crippen molar-refractivity contribution in [2.45, 2.75) is 12.6 Å². The van der Waals surface area contributed by atoms with E-state index in [4.69, 9.17) is 16.3 Å². The number of hydrogen-bond acceptors (Lipinski definition) is 2. The van der Waals surface area contributed by atoms with Gasteiger partial charge in [-0.05, 0) is 36.4 Å². The number of amides is 1. The monoisotopic (exact) mass is 343 g/mol. The van der Waals surface area contributed by atoms with Crippen molar-refractivity contribution < 1.29 is 22.7 Å². The van der Waals surface area contributed by atoms with E-state index in [9.17, 15) is 18.0 Å². The van der Waals surface area contributed by atoms with E-state index < -0.39 is 17.6 Å². The third-order valence-electron chi connectivity index (χ3n) is 3.07. The van der Waals surface area contributed by atoms with Crippen molar-refractivity contribution in [1.29, 1.82) is 0 Å². The summed E-state index contributed by atoms with van der Waals surface area (Å²) in [5.41, 5.74) is -0.203. The zero-order valence-corrected chi connectivity index (χ0v) is 12.8. The minimum atomic E-state index is -4.46. The van der Waals surface area contributed by atoms with Gasteiger partial charge in [-0.3, -0.25) is 4.79 Å². The molecule has 7 heteroatoms. The number of alkyl halides is 3. The van der Waals surface area contributed by atoms with Gasteiger partial charge >= 0.3 is 6.18 Å². The predicted octanol–water partition coefficient (Wildman–Crippen LogP) is 4.55. The number of hydrogen-bond donors (Lipinski definition) is 1. The van der Waals surface area contributed by atoms with Crippen LogP contribution in [0, 0.1) is 0 Å². The minimum absolute atomic E-state index is 0.0695. The molecule has 2 rings (SSSR count). The summed E-state index contributed by atoms with van der Waals surface area (Å²) >= 11 is 5.88. The van der Waals surface area contributed by atoms with Gasteiger partial charge in [0.2, 0.25) is 5.91 Å². The molecule has 1 amide bonds.